The van der Waals surface area contributed by atoms with Crippen LogP contribution in [0.15, 0.2) is 36.4 Å². The SMILES string of the molecule is O=C1Nc2cc(Cl)ccc2[C@@]12[C@@H](c1cccc(Cl)c1F)[C@H]([N+](=O)[O-])[C@H](CO)N2C1CCCCC1. The fourth-order valence-electron chi connectivity index (χ4n) is 6.46. The van der Waals surface area contributed by atoms with Crippen LogP contribution in [-0.2, 0) is 10.3 Å². The van der Waals surface area contributed by atoms with E-state index in [1.165, 1.54) is 18.2 Å². The zero-order chi connectivity index (χ0) is 24.2. The summed E-state index contributed by atoms with van der Waals surface area (Å²) in [6.07, 6.45) is 4.30. The second-order valence-corrected chi connectivity index (χ2v) is 10.1. The van der Waals surface area contributed by atoms with Gasteiger partial charge in [0.05, 0.1) is 17.5 Å². The Bertz CT molecular complexity index is 1160. The van der Waals surface area contributed by atoms with Gasteiger partial charge in [-0.25, -0.2) is 4.39 Å². The van der Waals surface area contributed by atoms with Crippen LogP contribution in [0.1, 0.15) is 49.1 Å². The Morgan fingerprint density at radius 1 is 1.21 bits per heavy atom. The second kappa shape index (κ2) is 8.75. The Hall–Kier alpha value is -2.26. The second-order valence-electron chi connectivity index (χ2n) is 9.26. The number of nitro groups is 1. The summed E-state index contributed by atoms with van der Waals surface area (Å²) in [6, 6.07) is 6.63. The number of carbonyl (C=O) groups excluding carboxylic acids is 1. The predicted molar refractivity (Wildman–Crippen MR) is 126 cm³/mol. The Labute approximate surface area is 206 Å². The average Bonchev–Trinajstić information content (AvgIpc) is 3.28. The van der Waals surface area contributed by atoms with E-state index in [0.717, 1.165) is 32.1 Å². The topological polar surface area (TPSA) is 95.7 Å². The molecule has 1 spiro atoms. The Balaban J connectivity index is 1.85. The van der Waals surface area contributed by atoms with Gasteiger partial charge in [-0.1, -0.05) is 60.7 Å². The van der Waals surface area contributed by atoms with E-state index in [1.807, 2.05) is 4.90 Å². The molecule has 1 aliphatic carbocycles. The number of aliphatic hydroxyl groups excluding tert-OH is 1. The molecule has 180 valence electrons. The number of carbonyl (C=O) groups is 1. The summed E-state index contributed by atoms with van der Waals surface area (Å²) >= 11 is 12.3. The lowest BCUT2D eigenvalue weighted by Gasteiger charge is -2.44. The van der Waals surface area contributed by atoms with Crippen molar-refractivity contribution < 1.29 is 19.2 Å². The third kappa shape index (κ3) is 3.26. The molecule has 34 heavy (non-hydrogen) atoms. The first kappa shape index (κ1) is 23.5. The molecule has 10 heteroatoms. The summed E-state index contributed by atoms with van der Waals surface area (Å²) in [6.45, 7) is -0.543. The predicted octanol–water partition coefficient (Wildman–Crippen LogP) is 4.72. The molecule has 2 aromatic carbocycles. The highest BCUT2D eigenvalue weighted by Gasteiger charge is 2.72. The number of benzene rings is 2. The van der Waals surface area contributed by atoms with Crippen molar-refractivity contribution in [1.82, 2.24) is 4.90 Å². The van der Waals surface area contributed by atoms with Gasteiger partial charge in [0.2, 0.25) is 6.04 Å². The summed E-state index contributed by atoms with van der Waals surface area (Å²) in [5.41, 5.74) is -0.673. The molecule has 2 aromatic rings. The van der Waals surface area contributed by atoms with E-state index < -0.39 is 46.8 Å². The molecule has 3 aliphatic rings. The highest BCUT2D eigenvalue weighted by Crippen LogP contribution is 2.59. The van der Waals surface area contributed by atoms with Crippen molar-refractivity contribution in [2.45, 2.75) is 61.7 Å². The van der Waals surface area contributed by atoms with Gasteiger partial charge in [-0.3, -0.25) is 19.8 Å². The molecule has 0 bridgehead atoms. The van der Waals surface area contributed by atoms with Crippen molar-refractivity contribution in [2.24, 2.45) is 0 Å². The molecular formula is C24H24Cl2FN3O4. The molecule has 1 saturated heterocycles. The van der Waals surface area contributed by atoms with Crippen LogP contribution in [0.4, 0.5) is 10.1 Å². The van der Waals surface area contributed by atoms with Gasteiger partial charge < -0.3 is 10.4 Å². The maximum Gasteiger partial charge on any atom is 0.250 e. The summed E-state index contributed by atoms with van der Waals surface area (Å²) in [5.74, 6) is -2.50. The van der Waals surface area contributed by atoms with Crippen LogP contribution in [0.25, 0.3) is 0 Å². The number of halogens is 3. The molecule has 2 N–H and O–H groups in total. The Morgan fingerprint density at radius 2 is 1.94 bits per heavy atom. The largest absolute Gasteiger partial charge is 0.394 e. The molecule has 7 nitrogen and oxygen atoms in total. The number of amides is 1. The fraction of sp³-hybridized carbons (Fsp3) is 0.458. The van der Waals surface area contributed by atoms with E-state index in [9.17, 15) is 20.0 Å². The van der Waals surface area contributed by atoms with Crippen LogP contribution in [0.5, 0.6) is 0 Å². The molecule has 0 radical (unpaired) electrons. The molecule has 2 heterocycles. The number of rotatable bonds is 4. The van der Waals surface area contributed by atoms with Crippen molar-refractivity contribution in [3.63, 3.8) is 0 Å². The number of aliphatic hydroxyl groups is 1. The van der Waals surface area contributed by atoms with Crippen LogP contribution in [0.2, 0.25) is 10.0 Å². The Morgan fingerprint density at radius 3 is 2.62 bits per heavy atom. The third-order valence-electron chi connectivity index (χ3n) is 7.65. The summed E-state index contributed by atoms with van der Waals surface area (Å²) in [4.78, 5) is 27.9. The van der Waals surface area contributed by atoms with Gasteiger partial charge >= 0.3 is 0 Å². The molecule has 0 unspecified atom stereocenters. The van der Waals surface area contributed by atoms with Gasteiger partial charge in [-0.05, 0) is 31.0 Å². The molecule has 1 saturated carbocycles. The molecular weight excluding hydrogens is 484 g/mol. The summed E-state index contributed by atoms with van der Waals surface area (Å²) < 4.78 is 15.5. The van der Waals surface area contributed by atoms with Crippen molar-refractivity contribution in [3.8, 4) is 0 Å². The smallest absolute Gasteiger partial charge is 0.250 e. The first-order chi connectivity index (χ1) is 16.3. The first-order valence-corrected chi connectivity index (χ1v) is 12.2. The third-order valence-corrected chi connectivity index (χ3v) is 8.18. The first-order valence-electron chi connectivity index (χ1n) is 11.4. The molecule has 4 atom stereocenters. The lowest BCUT2D eigenvalue weighted by atomic mass is 9.73. The molecule has 1 amide bonds. The standard InChI is InChI=1S/C24H24Cl2FN3O4/c25-13-9-10-16-18(11-13)28-23(32)24(16)20(15-7-4-8-17(26)21(15)27)22(30(33)34)19(12-31)29(24)14-5-2-1-3-6-14/h4,7-11,14,19-20,22,31H,1-3,5-6,12H2,(H,28,32)/t19-,20-,22+,24+/m0/s1. The quantitative estimate of drug-likeness (QED) is 0.461. The van der Waals surface area contributed by atoms with Gasteiger partial charge in [-0.2, -0.15) is 0 Å². The maximum atomic E-state index is 15.5. The highest BCUT2D eigenvalue weighted by molar-refractivity contribution is 6.31. The highest BCUT2D eigenvalue weighted by atomic mass is 35.5. The number of nitrogens with one attached hydrogen (secondary N) is 1. The minimum Gasteiger partial charge on any atom is -0.394 e. The molecule has 5 rings (SSSR count). The lowest BCUT2D eigenvalue weighted by Crippen LogP contribution is -2.57. The Kier molecular flexibility index (Phi) is 6.04. The van der Waals surface area contributed by atoms with E-state index >= 15 is 4.39 Å². The number of fused-ring (bicyclic) bond motifs is 2. The maximum absolute atomic E-state index is 15.5. The van der Waals surface area contributed by atoms with E-state index in [0.29, 0.717) is 16.3 Å². The molecule has 2 aliphatic heterocycles. The lowest BCUT2D eigenvalue weighted by molar-refractivity contribution is -0.529. The number of hydrogen-bond acceptors (Lipinski definition) is 5. The minimum absolute atomic E-state index is 0.0103. The monoisotopic (exact) mass is 507 g/mol. The van der Waals surface area contributed by atoms with E-state index in [1.54, 1.807) is 18.2 Å². The number of nitrogens with zero attached hydrogens (tertiary/aromatic N) is 2. The number of hydrogen-bond donors (Lipinski definition) is 2. The van der Waals surface area contributed by atoms with Crippen LogP contribution in [0, 0.1) is 15.9 Å². The zero-order valence-corrected chi connectivity index (χ0v) is 19.7. The van der Waals surface area contributed by atoms with Gasteiger partial charge in [0.25, 0.3) is 5.91 Å². The van der Waals surface area contributed by atoms with Crippen LogP contribution < -0.4 is 5.32 Å². The van der Waals surface area contributed by atoms with E-state index in [4.69, 9.17) is 23.2 Å². The van der Waals surface area contributed by atoms with Crippen molar-refractivity contribution in [1.29, 1.82) is 0 Å². The van der Waals surface area contributed by atoms with Gasteiger partial charge in [0.1, 0.15) is 17.4 Å². The summed E-state index contributed by atoms with van der Waals surface area (Å²) in [7, 11) is 0. The normalized spacial score (nSPS) is 29.4. The van der Waals surface area contributed by atoms with Crippen LogP contribution in [-0.4, -0.2) is 45.6 Å². The molecule has 2 fully saturated rings. The van der Waals surface area contributed by atoms with Crippen molar-refractivity contribution in [3.05, 3.63) is 73.5 Å². The van der Waals surface area contributed by atoms with Gasteiger partial charge in [-0.15, -0.1) is 0 Å². The fourth-order valence-corrected chi connectivity index (χ4v) is 6.81. The van der Waals surface area contributed by atoms with E-state index in [-0.39, 0.29) is 16.6 Å². The summed E-state index contributed by atoms with van der Waals surface area (Å²) in [5, 5.41) is 26.1. The van der Waals surface area contributed by atoms with E-state index in [2.05, 4.69) is 5.32 Å². The van der Waals surface area contributed by atoms with Crippen molar-refractivity contribution >= 4 is 34.8 Å². The van der Waals surface area contributed by atoms with Gasteiger partial charge in [0.15, 0.2) is 0 Å². The molecule has 0 aromatic heterocycles. The average molecular weight is 508 g/mol. The minimum atomic E-state index is -1.60. The van der Waals surface area contributed by atoms with Gasteiger partial charge in [0, 0.05) is 32.8 Å². The van der Waals surface area contributed by atoms with Crippen LogP contribution >= 0.6 is 23.2 Å². The number of anilines is 1. The number of likely N-dealkylation sites (tertiary alicyclic amines) is 1. The van der Waals surface area contributed by atoms with Crippen LogP contribution in [0.3, 0.4) is 0 Å². The zero-order valence-electron chi connectivity index (χ0n) is 18.2. The van der Waals surface area contributed by atoms with Crippen molar-refractivity contribution in [2.75, 3.05) is 11.9 Å².